The molecule has 0 amide bonds. The molecule has 2 rings (SSSR count). The number of hydrogen-bond donors (Lipinski definition) is 1. The lowest BCUT2D eigenvalue weighted by Crippen LogP contribution is -2.24. The number of piperidine rings is 1. The van der Waals surface area contributed by atoms with Gasteiger partial charge in [0.2, 0.25) is 0 Å². The fourth-order valence-corrected chi connectivity index (χ4v) is 2.03. The Morgan fingerprint density at radius 3 is 1.90 bits per heavy atom. The van der Waals surface area contributed by atoms with Crippen LogP contribution in [0.2, 0.25) is 5.82 Å². The van der Waals surface area contributed by atoms with E-state index < -0.39 is 12.8 Å². The first-order valence-corrected chi connectivity index (χ1v) is 3.51. The molecular weight excluding hydrogens is 142 g/mol. The molecule has 0 aromatic heterocycles. The summed E-state index contributed by atoms with van der Waals surface area (Å²) in [5, 5.41) is 2.93. The fraction of sp³-hybridized carbons (Fsp3) is 1.00. The summed E-state index contributed by atoms with van der Waals surface area (Å²) in [7, 11) is 0. The van der Waals surface area contributed by atoms with Crippen molar-refractivity contribution in [2.75, 3.05) is 13.1 Å². The number of nitrogens with one attached hydrogen (secondary N) is 1. The molecule has 0 radical (unpaired) electrons. The molecule has 2 fully saturated rings. The van der Waals surface area contributed by atoms with E-state index in [-0.39, 0.29) is 11.8 Å². The zero-order valence-corrected chi connectivity index (χ0v) is 5.36. The van der Waals surface area contributed by atoms with Crippen LogP contribution in [0.3, 0.4) is 0 Å². The Bertz CT molecular complexity index is 147. The van der Waals surface area contributed by atoms with E-state index >= 15 is 0 Å². The van der Waals surface area contributed by atoms with Crippen molar-refractivity contribution in [3.05, 3.63) is 0 Å². The SMILES string of the molecule is F[B-](F)(F)C1[C@H]2CNC[C@@H]12. The topological polar surface area (TPSA) is 12.0 Å². The van der Waals surface area contributed by atoms with Crippen molar-refractivity contribution in [2.45, 2.75) is 5.82 Å². The van der Waals surface area contributed by atoms with Gasteiger partial charge in [0.25, 0.3) is 0 Å². The van der Waals surface area contributed by atoms with Gasteiger partial charge >= 0.3 is 6.98 Å². The molecule has 1 N–H and O–H groups in total. The largest absolute Gasteiger partial charge is 0.482 e. The van der Waals surface area contributed by atoms with E-state index in [1.165, 1.54) is 0 Å². The number of fused-ring (bicyclic) bond motifs is 1. The van der Waals surface area contributed by atoms with Crippen molar-refractivity contribution in [3.8, 4) is 0 Å². The highest BCUT2D eigenvalue weighted by Gasteiger charge is 2.60. The molecule has 0 aromatic rings. The lowest BCUT2D eigenvalue weighted by molar-refractivity contribution is 0.449. The Hall–Kier alpha value is -0.185. The standard InChI is InChI=1S/C5H8BF3N/c7-6(8,9)5-3-1-10-2-4(3)5/h3-5,10H,1-2H2/q-1/t3-,4+,5?. The molecule has 10 heavy (non-hydrogen) atoms. The monoisotopic (exact) mass is 150 g/mol. The number of rotatable bonds is 1. The van der Waals surface area contributed by atoms with E-state index in [1.54, 1.807) is 0 Å². The summed E-state index contributed by atoms with van der Waals surface area (Å²) in [6.07, 6.45) is 0. The van der Waals surface area contributed by atoms with Crippen LogP contribution in [0, 0.1) is 11.8 Å². The fourth-order valence-electron chi connectivity index (χ4n) is 2.03. The second-order valence-corrected chi connectivity index (χ2v) is 3.19. The zero-order chi connectivity index (χ0) is 7.35. The van der Waals surface area contributed by atoms with Gasteiger partial charge in [0.15, 0.2) is 0 Å². The van der Waals surface area contributed by atoms with Crippen LogP contribution in [0.5, 0.6) is 0 Å². The third-order valence-electron chi connectivity index (χ3n) is 2.59. The molecule has 1 saturated carbocycles. The number of halogens is 3. The van der Waals surface area contributed by atoms with Crippen LogP contribution in [0.1, 0.15) is 0 Å². The van der Waals surface area contributed by atoms with Crippen LogP contribution in [-0.4, -0.2) is 20.1 Å². The Balaban J connectivity index is 2.01. The van der Waals surface area contributed by atoms with Gasteiger partial charge in [0, 0.05) is 0 Å². The van der Waals surface area contributed by atoms with Crippen LogP contribution >= 0.6 is 0 Å². The summed E-state index contributed by atoms with van der Waals surface area (Å²) >= 11 is 0. The molecule has 1 aliphatic heterocycles. The van der Waals surface area contributed by atoms with E-state index in [0.29, 0.717) is 13.1 Å². The van der Waals surface area contributed by atoms with E-state index in [9.17, 15) is 12.9 Å². The van der Waals surface area contributed by atoms with Gasteiger partial charge in [-0.05, 0) is 24.9 Å². The van der Waals surface area contributed by atoms with E-state index in [1.807, 2.05) is 0 Å². The lowest BCUT2D eigenvalue weighted by Gasteiger charge is -2.15. The maximum atomic E-state index is 12.0. The second-order valence-electron chi connectivity index (χ2n) is 3.19. The predicted molar refractivity (Wildman–Crippen MR) is 32.7 cm³/mol. The van der Waals surface area contributed by atoms with Gasteiger partial charge in [-0.3, -0.25) is 0 Å². The quantitative estimate of drug-likeness (QED) is 0.551. The zero-order valence-electron chi connectivity index (χ0n) is 5.36. The molecule has 3 atom stereocenters. The van der Waals surface area contributed by atoms with Crippen molar-refractivity contribution in [1.82, 2.24) is 5.32 Å². The second kappa shape index (κ2) is 1.70. The molecule has 0 spiro atoms. The van der Waals surface area contributed by atoms with Crippen molar-refractivity contribution in [3.63, 3.8) is 0 Å². The molecule has 1 heterocycles. The highest BCUT2D eigenvalue weighted by atomic mass is 19.4. The first-order valence-electron chi connectivity index (χ1n) is 3.51. The van der Waals surface area contributed by atoms with E-state index in [2.05, 4.69) is 5.32 Å². The van der Waals surface area contributed by atoms with Crippen LogP contribution in [0.15, 0.2) is 0 Å². The van der Waals surface area contributed by atoms with Gasteiger partial charge < -0.3 is 18.3 Å². The summed E-state index contributed by atoms with van der Waals surface area (Å²) in [5.41, 5.74) is 0. The first-order chi connectivity index (χ1) is 4.61. The first kappa shape index (κ1) is 6.52. The minimum Gasteiger partial charge on any atom is -0.449 e. The summed E-state index contributed by atoms with van der Waals surface area (Å²) in [6, 6.07) is 0. The molecule has 1 saturated heterocycles. The minimum absolute atomic E-state index is 0.0694. The van der Waals surface area contributed by atoms with Gasteiger partial charge in [0.1, 0.15) is 0 Å². The maximum Gasteiger partial charge on any atom is 0.482 e. The molecule has 1 unspecified atom stereocenters. The normalized spacial score (nSPS) is 45.3. The van der Waals surface area contributed by atoms with Crippen LogP contribution in [0.4, 0.5) is 12.9 Å². The van der Waals surface area contributed by atoms with Crippen molar-refractivity contribution in [2.24, 2.45) is 11.8 Å². The van der Waals surface area contributed by atoms with Crippen LogP contribution in [-0.2, 0) is 0 Å². The van der Waals surface area contributed by atoms with E-state index in [4.69, 9.17) is 0 Å². The molecule has 58 valence electrons. The lowest BCUT2D eigenvalue weighted by atomic mass is 9.80. The third kappa shape index (κ3) is 0.763. The predicted octanol–water partition coefficient (Wildman–Crippen LogP) is 1.05. The van der Waals surface area contributed by atoms with Crippen molar-refractivity contribution >= 4 is 6.98 Å². The van der Waals surface area contributed by atoms with E-state index in [0.717, 1.165) is 0 Å². The highest BCUT2D eigenvalue weighted by molar-refractivity contribution is 6.61. The average Bonchev–Trinajstić information content (AvgIpc) is 2.30. The molecule has 0 aromatic carbocycles. The maximum absolute atomic E-state index is 12.0. The Labute approximate surface area is 57.0 Å². The van der Waals surface area contributed by atoms with Gasteiger partial charge in [-0.25, -0.2) is 0 Å². The van der Waals surface area contributed by atoms with Gasteiger partial charge in [-0.2, -0.15) is 0 Å². The molecular formula is C5H8BF3N-. The third-order valence-corrected chi connectivity index (χ3v) is 2.59. The summed E-state index contributed by atoms with van der Waals surface area (Å²) < 4.78 is 36.0. The minimum atomic E-state index is -4.53. The van der Waals surface area contributed by atoms with Gasteiger partial charge in [-0.15, -0.1) is 0 Å². The van der Waals surface area contributed by atoms with Gasteiger partial charge in [0.05, 0.1) is 0 Å². The summed E-state index contributed by atoms with van der Waals surface area (Å²) in [5.74, 6) is -1.05. The summed E-state index contributed by atoms with van der Waals surface area (Å²) in [4.78, 5) is 0. The Morgan fingerprint density at radius 2 is 1.60 bits per heavy atom. The van der Waals surface area contributed by atoms with Crippen molar-refractivity contribution in [1.29, 1.82) is 0 Å². The Kier molecular flexibility index (Phi) is 1.11. The van der Waals surface area contributed by atoms with Crippen molar-refractivity contribution < 1.29 is 12.9 Å². The number of hydrogen-bond acceptors (Lipinski definition) is 1. The smallest absolute Gasteiger partial charge is 0.449 e. The van der Waals surface area contributed by atoms with Gasteiger partial charge in [-0.1, -0.05) is 5.82 Å². The molecule has 1 nitrogen and oxygen atoms in total. The molecule has 0 bridgehead atoms. The average molecular weight is 150 g/mol. The van der Waals surface area contributed by atoms with Crippen LogP contribution in [0.25, 0.3) is 0 Å². The Morgan fingerprint density at radius 1 is 1.10 bits per heavy atom. The molecule has 1 aliphatic carbocycles. The highest BCUT2D eigenvalue weighted by Crippen LogP contribution is 2.60. The molecule has 2 aliphatic rings. The molecule has 5 heteroatoms. The summed E-state index contributed by atoms with van der Waals surface area (Å²) in [6.45, 7) is -3.37. The van der Waals surface area contributed by atoms with Crippen LogP contribution < -0.4 is 5.32 Å².